The van der Waals surface area contributed by atoms with Gasteiger partial charge in [-0.1, -0.05) is 47.2 Å². The maximum atomic E-state index is 13.9. The highest BCUT2D eigenvalue weighted by molar-refractivity contribution is 7.10. The smallest absolute Gasteiger partial charge is 0.338 e. The number of carbonyl (C=O) groups is 2. The molecule has 8 nitrogen and oxygen atoms in total. The molecule has 2 aromatic carbocycles. The van der Waals surface area contributed by atoms with E-state index in [2.05, 4.69) is 10.3 Å². The molecule has 0 unspecified atom stereocenters. The summed E-state index contributed by atoms with van der Waals surface area (Å²) in [4.78, 5) is 45.7. The monoisotopic (exact) mass is 615 g/mol. The summed E-state index contributed by atoms with van der Waals surface area (Å²) < 4.78 is 12.9. The molecule has 6 rings (SSSR count). The van der Waals surface area contributed by atoms with Crippen LogP contribution < -0.4 is 20.2 Å². The van der Waals surface area contributed by atoms with Crippen molar-refractivity contribution in [2.45, 2.75) is 13.0 Å². The zero-order valence-electron chi connectivity index (χ0n) is 22.3. The van der Waals surface area contributed by atoms with Crippen molar-refractivity contribution in [3.8, 4) is 11.3 Å². The van der Waals surface area contributed by atoms with Gasteiger partial charge >= 0.3 is 5.97 Å². The van der Waals surface area contributed by atoms with Crippen molar-refractivity contribution in [3.63, 3.8) is 0 Å². The Morgan fingerprint density at radius 1 is 1.10 bits per heavy atom. The second-order valence-corrected chi connectivity index (χ2v) is 11.7. The van der Waals surface area contributed by atoms with Crippen LogP contribution in [0.2, 0.25) is 5.02 Å². The summed E-state index contributed by atoms with van der Waals surface area (Å²) >= 11 is 8.87. The third-order valence-electron chi connectivity index (χ3n) is 6.66. The second-order valence-electron chi connectivity index (χ2n) is 9.30. The van der Waals surface area contributed by atoms with E-state index >= 15 is 0 Å². The molecule has 0 aliphatic carbocycles. The van der Waals surface area contributed by atoms with E-state index < -0.39 is 12.0 Å². The van der Waals surface area contributed by atoms with Crippen LogP contribution in [0.3, 0.4) is 0 Å². The molecule has 0 spiro atoms. The highest BCUT2D eigenvalue weighted by Crippen LogP contribution is 2.33. The fourth-order valence-electron chi connectivity index (χ4n) is 4.76. The van der Waals surface area contributed by atoms with Gasteiger partial charge in [-0.15, -0.1) is 11.3 Å². The minimum atomic E-state index is -0.645. The molecule has 3 aromatic heterocycles. The largest absolute Gasteiger partial charge is 0.465 e. The van der Waals surface area contributed by atoms with Crippen LogP contribution in [-0.2, 0) is 9.53 Å². The van der Waals surface area contributed by atoms with Crippen molar-refractivity contribution < 1.29 is 18.7 Å². The summed E-state index contributed by atoms with van der Waals surface area (Å²) in [5, 5.41) is 5.28. The quantitative estimate of drug-likeness (QED) is 0.249. The molecule has 210 valence electrons. The minimum Gasteiger partial charge on any atom is -0.465 e. The van der Waals surface area contributed by atoms with Crippen molar-refractivity contribution in [3.05, 3.63) is 130 Å². The summed E-state index contributed by atoms with van der Waals surface area (Å²) in [5.74, 6) is -0.0571. The number of thiazole rings is 1. The van der Waals surface area contributed by atoms with E-state index in [9.17, 15) is 14.4 Å². The zero-order valence-corrected chi connectivity index (χ0v) is 24.7. The van der Waals surface area contributed by atoms with E-state index in [1.165, 1.54) is 29.8 Å². The predicted octanol–water partition coefficient (Wildman–Crippen LogP) is 5.64. The van der Waals surface area contributed by atoms with Crippen LogP contribution in [0.15, 0.2) is 104 Å². The summed E-state index contributed by atoms with van der Waals surface area (Å²) in [5.41, 5.74) is 2.05. The molecular weight excluding hydrogens is 594 g/mol. The molecule has 1 N–H and O–H groups in total. The van der Waals surface area contributed by atoms with E-state index in [0.29, 0.717) is 54.0 Å². The van der Waals surface area contributed by atoms with Crippen molar-refractivity contribution in [1.82, 2.24) is 4.57 Å². The summed E-state index contributed by atoms with van der Waals surface area (Å²) in [7, 11) is 1.30. The molecule has 0 saturated carbocycles. The third kappa shape index (κ3) is 5.16. The molecule has 4 heterocycles. The average Bonchev–Trinajstić information content (AvgIpc) is 3.74. The number of nitrogens with zero attached hydrogens (tertiary/aromatic N) is 2. The first kappa shape index (κ1) is 27.6. The number of rotatable bonds is 6. The van der Waals surface area contributed by atoms with Gasteiger partial charge in [-0.2, -0.15) is 0 Å². The van der Waals surface area contributed by atoms with Gasteiger partial charge in [0, 0.05) is 27.2 Å². The lowest BCUT2D eigenvalue weighted by Crippen LogP contribution is -2.40. The van der Waals surface area contributed by atoms with Crippen molar-refractivity contribution in [2.75, 3.05) is 12.4 Å². The highest BCUT2D eigenvalue weighted by atomic mass is 35.5. The van der Waals surface area contributed by atoms with Gasteiger partial charge in [-0.05, 0) is 60.8 Å². The van der Waals surface area contributed by atoms with E-state index in [0.717, 1.165) is 4.88 Å². The lowest BCUT2D eigenvalue weighted by atomic mass is 10.0. The number of hydrogen-bond donors (Lipinski definition) is 1. The van der Waals surface area contributed by atoms with E-state index in [1.54, 1.807) is 60.0 Å². The van der Waals surface area contributed by atoms with E-state index in [4.69, 9.17) is 20.8 Å². The number of ether oxygens (including phenoxy) is 1. The molecule has 0 fully saturated rings. The topological polar surface area (TPSA) is 103 Å². The molecular formula is C31H22ClN3O5S2. The molecule has 1 atom stereocenters. The fourth-order valence-corrected chi connectivity index (χ4v) is 6.78. The second kappa shape index (κ2) is 11.4. The number of carbonyl (C=O) groups excluding carboxylic acids is 2. The number of amides is 1. The Morgan fingerprint density at radius 2 is 1.90 bits per heavy atom. The van der Waals surface area contributed by atoms with Crippen molar-refractivity contribution >= 4 is 57.9 Å². The maximum absolute atomic E-state index is 13.9. The van der Waals surface area contributed by atoms with E-state index in [-0.39, 0.29) is 11.5 Å². The molecule has 11 heteroatoms. The van der Waals surface area contributed by atoms with Crippen molar-refractivity contribution in [1.29, 1.82) is 0 Å². The van der Waals surface area contributed by atoms with Gasteiger partial charge in [0.05, 0.1) is 28.5 Å². The Hall–Kier alpha value is -4.51. The normalized spacial score (nSPS) is 14.8. The first-order valence-electron chi connectivity index (χ1n) is 12.7. The van der Waals surface area contributed by atoms with Gasteiger partial charge in [-0.3, -0.25) is 14.2 Å². The SMILES string of the molecule is COC(=O)c1ccc(Cl)cc1-c1ccc(/C=c2/sc3n(c2=O)[C@H](c2cccs2)C(C(=O)Nc2ccccc2)=C(C)N=3)o1. The molecule has 0 bridgehead atoms. The number of anilines is 1. The van der Waals surface area contributed by atoms with Gasteiger partial charge in [-0.25, -0.2) is 9.79 Å². The third-order valence-corrected chi connectivity index (χ3v) is 8.81. The van der Waals surface area contributed by atoms with Gasteiger partial charge in [0.2, 0.25) is 0 Å². The molecule has 5 aromatic rings. The summed E-state index contributed by atoms with van der Waals surface area (Å²) in [6.07, 6.45) is 1.63. The number of nitrogens with one attached hydrogen (secondary N) is 1. The lowest BCUT2D eigenvalue weighted by Gasteiger charge is -2.24. The number of fused-ring (bicyclic) bond motifs is 1. The van der Waals surface area contributed by atoms with Gasteiger partial charge in [0.1, 0.15) is 17.6 Å². The van der Waals surface area contributed by atoms with Crippen LogP contribution in [0.25, 0.3) is 17.4 Å². The van der Waals surface area contributed by atoms with E-state index in [1.807, 2.05) is 35.7 Å². The number of aromatic nitrogens is 1. The standard InChI is InChI=1S/C31H22ClN3O5S2/c1-17-26(28(36)34-19-7-4-3-5-8-19)27(24-9-6-14-41-24)35-29(37)25(42-31(35)33-17)16-20-11-13-23(40-20)22-15-18(32)10-12-21(22)30(38)39-2/h3-16,27H,1-2H3,(H,34,36)/b25-16+/t27-/m1/s1. The first-order chi connectivity index (χ1) is 20.3. The van der Waals surface area contributed by atoms with Crippen LogP contribution in [0.1, 0.15) is 34.0 Å². The number of furan rings is 1. The van der Waals surface area contributed by atoms with Crippen LogP contribution in [-0.4, -0.2) is 23.6 Å². The predicted molar refractivity (Wildman–Crippen MR) is 164 cm³/mol. The van der Waals surface area contributed by atoms with Gasteiger partial charge < -0.3 is 14.5 Å². The van der Waals surface area contributed by atoms with Crippen molar-refractivity contribution in [2.24, 2.45) is 4.99 Å². The Morgan fingerprint density at radius 3 is 2.64 bits per heavy atom. The number of thiophene rings is 1. The average molecular weight is 616 g/mol. The molecule has 0 saturated heterocycles. The first-order valence-corrected chi connectivity index (χ1v) is 14.8. The fraction of sp³-hybridized carbons (Fsp3) is 0.0968. The minimum absolute atomic E-state index is 0.300. The zero-order chi connectivity index (χ0) is 29.4. The lowest BCUT2D eigenvalue weighted by molar-refractivity contribution is -0.113. The van der Waals surface area contributed by atoms with Crippen LogP contribution in [0.4, 0.5) is 5.69 Å². The number of hydrogen-bond acceptors (Lipinski definition) is 8. The Kier molecular flexibility index (Phi) is 7.51. The van der Waals surface area contributed by atoms with Crippen LogP contribution in [0.5, 0.6) is 0 Å². The van der Waals surface area contributed by atoms with Crippen LogP contribution >= 0.6 is 34.3 Å². The molecule has 1 amide bonds. The number of para-hydroxylation sites is 1. The molecule has 42 heavy (non-hydrogen) atoms. The maximum Gasteiger partial charge on any atom is 0.338 e. The number of methoxy groups -OCH3 is 1. The number of allylic oxidation sites excluding steroid dienone is 1. The Bertz CT molecular complexity index is 2040. The number of esters is 1. The van der Waals surface area contributed by atoms with Gasteiger partial charge in [0.15, 0.2) is 4.80 Å². The molecule has 1 aliphatic rings. The summed E-state index contributed by atoms with van der Waals surface area (Å²) in [6.45, 7) is 1.78. The number of benzene rings is 2. The van der Waals surface area contributed by atoms with Crippen LogP contribution in [0, 0.1) is 0 Å². The molecule has 0 radical (unpaired) electrons. The summed E-state index contributed by atoms with van der Waals surface area (Å²) in [6, 6.07) is 20.5. The highest BCUT2D eigenvalue weighted by Gasteiger charge is 2.33. The Labute approximate surface area is 252 Å². The Balaban J connectivity index is 1.42. The number of halogens is 1. The molecule has 1 aliphatic heterocycles. The van der Waals surface area contributed by atoms with Gasteiger partial charge in [0.25, 0.3) is 11.5 Å².